The molecule has 0 spiro atoms. The van der Waals surface area contributed by atoms with Crippen molar-refractivity contribution in [2.24, 2.45) is 0 Å². The van der Waals surface area contributed by atoms with E-state index >= 15 is 0 Å². The average molecular weight is 175 g/mol. The van der Waals surface area contributed by atoms with E-state index in [0.717, 1.165) is 4.96 Å². The van der Waals surface area contributed by atoms with Gasteiger partial charge in [-0.15, -0.1) is 10.2 Å². The average Bonchev–Trinajstić information content (AvgIpc) is 2.62. The molecule has 0 bridgehead atoms. The van der Waals surface area contributed by atoms with Crippen LogP contribution in [-0.2, 0) is 0 Å². The van der Waals surface area contributed by atoms with Crippen LogP contribution >= 0.6 is 11.3 Å². The van der Waals surface area contributed by atoms with Crippen LogP contribution in [0.1, 0.15) is 0 Å². The van der Waals surface area contributed by atoms with Crippen molar-refractivity contribution >= 4 is 26.5 Å². The standard InChI is InChI=1S/C8H5N3S/c1-2-4-7-6(3-1)11-5-9-10-8(11)12-7/h1-5H. The molecule has 2 aromatic heterocycles. The second-order valence-electron chi connectivity index (χ2n) is 2.55. The largest absolute Gasteiger partial charge is 0.272 e. The first-order chi connectivity index (χ1) is 5.95. The number of rotatable bonds is 0. The fraction of sp³-hybridized carbons (Fsp3) is 0. The van der Waals surface area contributed by atoms with E-state index in [-0.39, 0.29) is 0 Å². The fourth-order valence-electron chi connectivity index (χ4n) is 1.30. The number of nitrogens with zero attached hydrogens (tertiary/aromatic N) is 3. The molecule has 0 atom stereocenters. The molecule has 0 aliphatic carbocycles. The topological polar surface area (TPSA) is 30.2 Å². The Balaban J connectivity index is 2.68. The molecule has 12 heavy (non-hydrogen) atoms. The van der Waals surface area contributed by atoms with E-state index in [1.54, 1.807) is 17.7 Å². The summed E-state index contributed by atoms with van der Waals surface area (Å²) in [4.78, 5) is 0.955. The molecule has 0 N–H and O–H groups in total. The van der Waals surface area contributed by atoms with Gasteiger partial charge in [0, 0.05) is 0 Å². The van der Waals surface area contributed by atoms with Gasteiger partial charge in [-0.3, -0.25) is 4.40 Å². The number of thiazole rings is 1. The Hall–Kier alpha value is -1.42. The molecule has 3 aromatic rings. The van der Waals surface area contributed by atoms with Crippen molar-refractivity contribution in [3.63, 3.8) is 0 Å². The first kappa shape index (κ1) is 6.14. The Morgan fingerprint density at radius 1 is 1.25 bits per heavy atom. The smallest absolute Gasteiger partial charge is 0.217 e. The molecule has 0 fully saturated rings. The number of hydrogen-bond donors (Lipinski definition) is 0. The second-order valence-corrected chi connectivity index (χ2v) is 3.56. The highest BCUT2D eigenvalue weighted by molar-refractivity contribution is 7.23. The van der Waals surface area contributed by atoms with Crippen molar-refractivity contribution in [2.45, 2.75) is 0 Å². The molecule has 3 rings (SSSR count). The Morgan fingerprint density at radius 2 is 2.17 bits per heavy atom. The SMILES string of the molecule is c1ccc2c(c1)sc1nncn12. The summed E-state index contributed by atoms with van der Waals surface area (Å²) >= 11 is 1.66. The minimum Gasteiger partial charge on any atom is -0.272 e. The van der Waals surface area contributed by atoms with Crippen LogP contribution in [0.2, 0.25) is 0 Å². The summed E-state index contributed by atoms with van der Waals surface area (Å²) in [5, 5.41) is 7.82. The maximum absolute atomic E-state index is 3.99. The summed E-state index contributed by atoms with van der Waals surface area (Å²) in [6.07, 6.45) is 1.74. The van der Waals surface area contributed by atoms with Crippen molar-refractivity contribution in [1.82, 2.24) is 14.6 Å². The zero-order valence-electron chi connectivity index (χ0n) is 6.14. The molecule has 0 radical (unpaired) electrons. The maximum atomic E-state index is 3.99. The van der Waals surface area contributed by atoms with Crippen LogP contribution in [0.5, 0.6) is 0 Å². The van der Waals surface area contributed by atoms with Crippen LogP contribution < -0.4 is 0 Å². The van der Waals surface area contributed by atoms with E-state index in [2.05, 4.69) is 22.3 Å². The molecular formula is C8H5N3S. The molecule has 3 nitrogen and oxygen atoms in total. The molecular weight excluding hydrogens is 170 g/mol. The number of para-hydroxylation sites is 1. The van der Waals surface area contributed by atoms with E-state index in [9.17, 15) is 0 Å². The van der Waals surface area contributed by atoms with Gasteiger partial charge >= 0.3 is 0 Å². The number of benzene rings is 1. The van der Waals surface area contributed by atoms with Gasteiger partial charge in [-0.1, -0.05) is 23.5 Å². The molecule has 2 heterocycles. The van der Waals surface area contributed by atoms with Crippen LogP contribution in [0, 0.1) is 0 Å². The number of hydrogen-bond acceptors (Lipinski definition) is 3. The Kier molecular flexibility index (Phi) is 1.04. The highest BCUT2D eigenvalue weighted by Gasteiger charge is 2.03. The lowest BCUT2D eigenvalue weighted by molar-refractivity contribution is 1.11. The van der Waals surface area contributed by atoms with E-state index in [0.29, 0.717) is 0 Å². The molecule has 0 unspecified atom stereocenters. The van der Waals surface area contributed by atoms with Crippen molar-refractivity contribution in [2.75, 3.05) is 0 Å². The summed E-state index contributed by atoms with van der Waals surface area (Å²) in [5.74, 6) is 0. The Labute approximate surface area is 72.3 Å². The monoisotopic (exact) mass is 175 g/mol. The van der Waals surface area contributed by atoms with Crippen LogP contribution in [-0.4, -0.2) is 14.6 Å². The van der Waals surface area contributed by atoms with Crippen molar-refractivity contribution in [3.05, 3.63) is 30.6 Å². The Bertz CT molecular complexity index is 536. The van der Waals surface area contributed by atoms with Gasteiger partial charge < -0.3 is 0 Å². The highest BCUT2D eigenvalue weighted by atomic mass is 32.1. The third kappa shape index (κ3) is 0.648. The molecule has 1 aromatic carbocycles. The predicted molar refractivity (Wildman–Crippen MR) is 48.4 cm³/mol. The minimum atomic E-state index is 0.955. The highest BCUT2D eigenvalue weighted by Crippen LogP contribution is 2.23. The summed E-state index contributed by atoms with van der Waals surface area (Å²) in [5.41, 5.74) is 1.18. The summed E-state index contributed by atoms with van der Waals surface area (Å²) in [6.45, 7) is 0. The maximum Gasteiger partial charge on any atom is 0.217 e. The summed E-state index contributed by atoms with van der Waals surface area (Å²) in [6, 6.07) is 8.22. The molecule has 0 amide bonds. The third-order valence-corrected chi connectivity index (χ3v) is 2.87. The van der Waals surface area contributed by atoms with Crippen LogP contribution in [0.25, 0.3) is 15.2 Å². The predicted octanol–water partition coefficient (Wildman–Crippen LogP) is 1.94. The summed E-state index contributed by atoms with van der Waals surface area (Å²) in [7, 11) is 0. The van der Waals surface area contributed by atoms with Gasteiger partial charge in [0.2, 0.25) is 4.96 Å². The number of fused-ring (bicyclic) bond motifs is 3. The van der Waals surface area contributed by atoms with E-state index < -0.39 is 0 Å². The zero-order valence-corrected chi connectivity index (χ0v) is 6.95. The summed E-state index contributed by atoms with van der Waals surface area (Å²) < 4.78 is 3.25. The molecule has 0 aliphatic heterocycles. The van der Waals surface area contributed by atoms with E-state index in [1.165, 1.54) is 10.2 Å². The normalized spacial score (nSPS) is 11.3. The van der Waals surface area contributed by atoms with E-state index in [1.807, 2.05) is 16.5 Å². The van der Waals surface area contributed by atoms with Gasteiger partial charge in [-0.05, 0) is 12.1 Å². The lowest BCUT2D eigenvalue weighted by Crippen LogP contribution is -1.74. The minimum absolute atomic E-state index is 0.955. The van der Waals surface area contributed by atoms with Crippen LogP contribution in [0.4, 0.5) is 0 Å². The lowest BCUT2D eigenvalue weighted by atomic mass is 10.3. The van der Waals surface area contributed by atoms with Gasteiger partial charge in [0.1, 0.15) is 6.33 Å². The van der Waals surface area contributed by atoms with Crippen molar-refractivity contribution < 1.29 is 0 Å². The van der Waals surface area contributed by atoms with E-state index in [4.69, 9.17) is 0 Å². The second kappa shape index (κ2) is 2.04. The van der Waals surface area contributed by atoms with Crippen molar-refractivity contribution in [1.29, 1.82) is 0 Å². The first-order valence-corrected chi connectivity index (χ1v) is 4.44. The fourth-order valence-corrected chi connectivity index (χ4v) is 2.25. The van der Waals surface area contributed by atoms with Crippen LogP contribution in [0.15, 0.2) is 30.6 Å². The molecule has 0 saturated carbocycles. The van der Waals surface area contributed by atoms with Gasteiger partial charge in [0.25, 0.3) is 0 Å². The number of aromatic nitrogens is 3. The van der Waals surface area contributed by atoms with Gasteiger partial charge in [0.15, 0.2) is 0 Å². The molecule has 0 saturated heterocycles. The lowest BCUT2D eigenvalue weighted by Gasteiger charge is -1.85. The quantitative estimate of drug-likeness (QED) is 0.522. The molecule has 0 aliphatic rings. The molecule has 58 valence electrons. The van der Waals surface area contributed by atoms with Crippen LogP contribution in [0.3, 0.4) is 0 Å². The first-order valence-electron chi connectivity index (χ1n) is 3.62. The third-order valence-electron chi connectivity index (χ3n) is 1.84. The zero-order chi connectivity index (χ0) is 7.97. The van der Waals surface area contributed by atoms with Crippen molar-refractivity contribution in [3.8, 4) is 0 Å². The molecule has 4 heteroatoms. The van der Waals surface area contributed by atoms with Gasteiger partial charge in [-0.25, -0.2) is 0 Å². The Morgan fingerprint density at radius 3 is 3.17 bits per heavy atom. The van der Waals surface area contributed by atoms with Gasteiger partial charge in [-0.2, -0.15) is 0 Å². The van der Waals surface area contributed by atoms with Gasteiger partial charge in [0.05, 0.1) is 10.2 Å².